The van der Waals surface area contributed by atoms with Crippen LogP contribution in [0.25, 0.3) is 0 Å². The molecule has 7 heteroatoms. The lowest BCUT2D eigenvalue weighted by Gasteiger charge is -2.32. The SMILES string of the molecule is CC1COCCN1S(=O)(=O)c1cccnc1CN. The summed E-state index contributed by atoms with van der Waals surface area (Å²) in [4.78, 5) is 4.22. The van der Waals surface area contributed by atoms with E-state index in [4.69, 9.17) is 10.5 Å². The highest BCUT2D eigenvalue weighted by molar-refractivity contribution is 7.89. The second-order valence-corrected chi connectivity index (χ2v) is 6.05. The summed E-state index contributed by atoms with van der Waals surface area (Å²) in [6.07, 6.45) is 1.55. The van der Waals surface area contributed by atoms with Crippen molar-refractivity contribution in [3.63, 3.8) is 0 Å². The van der Waals surface area contributed by atoms with Gasteiger partial charge in [-0.2, -0.15) is 4.31 Å². The average Bonchev–Trinajstić information content (AvgIpc) is 2.39. The Morgan fingerprint density at radius 3 is 3.06 bits per heavy atom. The zero-order valence-electron chi connectivity index (χ0n) is 10.2. The van der Waals surface area contributed by atoms with Crippen molar-refractivity contribution in [2.24, 2.45) is 5.73 Å². The van der Waals surface area contributed by atoms with Crippen LogP contribution in [0.5, 0.6) is 0 Å². The Morgan fingerprint density at radius 2 is 2.39 bits per heavy atom. The van der Waals surface area contributed by atoms with Crippen molar-refractivity contribution >= 4 is 10.0 Å². The Kier molecular flexibility index (Phi) is 3.96. The molecule has 2 N–H and O–H groups in total. The molecule has 0 amide bonds. The predicted molar refractivity (Wildman–Crippen MR) is 66.3 cm³/mol. The molecule has 1 unspecified atom stereocenters. The summed E-state index contributed by atoms with van der Waals surface area (Å²) in [5.41, 5.74) is 5.94. The molecular weight excluding hydrogens is 254 g/mol. The van der Waals surface area contributed by atoms with Crippen LogP contribution in [0.15, 0.2) is 23.2 Å². The fraction of sp³-hybridized carbons (Fsp3) is 0.545. The van der Waals surface area contributed by atoms with E-state index in [1.807, 2.05) is 6.92 Å². The van der Waals surface area contributed by atoms with Crippen LogP contribution >= 0.6 is 0 Å². The highest BCUT2D eigenvalue weighted by Gasteiger charge is 2.32. The molecule has 18 heavy (non-hydrogen) atoms. The zero-order chi connectivity index (χ0) is 13.2. The van der Waals surface area contributed by atoms with E-state index in [9.17, 15) is 8.42 Å². The summed E-state index contributed by atoms with van der Waals surface area (Å²) in [6.45, 7) is 3.13. The lowest BCUT2D eigenvalue weighted by molar-refractivity contribution is 0.0392. The van der Waals surface area contributed by atoms with Gasteiger partial charge in [-0.05, 0) is 19.1 Å². The van der Waals surface area contributed by atoms with Crippen molar-refractivity contribution in [2.45, 2.75) is 24.4 Å². The summed E-state index contributed by atoms with van der Waals surface area (Å²) in [6, 6.07) is 2.98. The highest BCUT2D eigenvalue weighted by Crippen LogP contribution is 2.22. The minimum absolute atomic E-state index is 0.105. The Bertz CT molecular complexity index is 518. The third-order valence-corrected chi connectivity index (χ3v) is 5.02. The predicted octanol–water partition coefficient (Wildman–Crippen LogP) is -0.0503. The van der Waals surface area contributed by atoms with E-state index in [1.54, 1.807) is 18.3 Å². The summed E-state index contributed by atoms with van der Waals surface area (Å²) < 4.78 is 31.8. The minimum Gasteiger partial charge on any atom is -0.378 e. The molecule has 0 aromatic carbocycles. The summed E-state index contributed by atoms with van der Waals surface area (Å²) in [5, 5.41) is 0. The van der Waals surface area contributed by atoms with E-state index in [0.29, 0.717) is 25.5 Å². The number of rotatable bonds is 3. The van der Waals surface area contributed by atoms with E-state index >= 15 is 0 Å². The van der Waals surface area contributed by atoms with Gasteiger partial charge in [-0.3, -0.25) is 4.98 Å². The number of morpholine rings is 1. The normalized spacial score (nSPS) is 22.0. The smallest absolute Gasteiger partial charge is 0.245 e. The maximum Gasteiger partial charge on any atom is 0.245 e. The van der Waals surface area contributed by atoms with Crippen LogP contribution in [0.2, 0.25) is 0 Å². The molecule has 0 radical (unpaired) electrons. The third kappa shape index (κ3) is 2.39. The number of ether oxygens (including phenoxy) is 1. The molecule has 1 aromatic rings. The van der Waals surface area contributed by atoms with Gasteiger partial charge in [0.25, 0.3) is 0 Å². The second-order valence-electron chi connectivity index (χ2n) is 4.19. The number of nitrogens with two attached hydrogens (primary N) is 1. The maximum absolute atomic E-state index is 12.6. The van der Waals surface area contributed by atoms with Crippen LogP contribution in [0.1, 0.15) is 12.6 Å². The van der Waals surface area contributed by atoms with Crippen molar-refractivity contribution in [3.05, 3.63) is 24.0 Å². The first-order valence-corrected chi connectivity index (χ1v) is 7.25. The minimum atomic E-state index is -3.54. The molecular formula is C11H17N3O3S. The summed E-state index contributed by atoms with van der Waals surface area (Å²) in [5.74, 6) is 0. The largest absolute Gasteiger partial charge is 0.378 e. The molecule has 0 aliphatic carbocycles. The molecule has 1 aliphatic rings. The second kappa shape index (κ2) is 5.31. The van der Waals surface area contributed by atoms with Crippen LogP contribution in [-0.4, -0.2) is 43.5 Å². The van der Waals surface area contributed by atoms with Gasteiger partial charge in [0.1, 0.15) is 4.90 Å². The summed E-state index contributed by atoms with van der Waals surface area (Å²) in [7, 11) is -3.54. The van der Waals surface area contributed by atoms with E-state index in [1.165, 1.54) is 4.31 Å². The maximum atomic E-state index is 12.6. The first-order chi connectivity index (χ1) is 8.57. The fourth-order valence-corrected chi connectivity index (χ4v) is 3.79. The van der Waals surface area contributed by atoms with Gasteiger partial charge >= 0.3 is 0 Å². The van der Waals surface area contributed by atoms with Crippen LogP contribution in [0.4, 0.5) is 0 Å². The molecule has 0 saturated carbocycles. The fourth-order valence-electron chi connectivity index (χ4n) is 2.01. The Labute approximate surface area is 107 Å². The van der Waals surface area contributed by atoms with Crippen molar-refractivity contribution in [2.75, 3.05) is 19.8 Å². The van der Waals surface area contributed by atoms with Crippen molar-refractivity contribution in [3.8, 4) is 0 Å². The molecule has 2 heterocycles. The molecule has 1 aliphatic heterocycles. The van der Waals surface area contributed by atoms with E-state index in [0.717, 1.165) is 0 Å². The van der Waals surface area contributed by atoms with Crippen LogP contribution in [-0.2, 0) is 21.3 Å². The van der Waals surface area contributed by atoms with Gasteiger partial charge in [-0.1, -0.05) is 0 Å². The molecule has 2 rings (SSSR count). The molecule has 6 nitrogen and oxygen atoms in total. The lowest BCUT2D eigenvalue weighted by atomic mass is 10.3. The van der Waals surface area contributed by atoms with Crippen molar-refractivity contribution in [1.29, 1.82) is 0 Å². The van der Waals surface area contributed by atoms with Gasteiger partial charge in [0.05, 0.1) is 18.9 Å². The van der Waals surface area contributed by atoms with Crippen LogP contribution in [0.3, 0.4) is 0 Å². The van der Waals surface area contributed by atoms with Crippen LogP contribution in [0, 0.1) is 0 Å². The Hall–Kier alpha value is -1.02. The molecule has 100 valence electrons. The number of hydrogen-bond acceptors (Lipinski definition) is 5. The highest BCUT2D eigenvalue weighted by atomic mass is 32.2. The average molecular weight is 271 g/mol. The Balaban J connectivity index is 2.41. The first-order valence-electron chi connectivity index (χ1n) is 5.81. The quantitative estimate of drug-likeness (QED) is 0.833. The third-order valence-electron chi connectivity index (χ3n) is 2.94. The molecule has 0 bridgehead atoms. The molecule has 1 saturated heterocycles. The van der Waals surface area contributed by atoms with Gasteiger partial charge in [0.15, 0.2) is 0 Å². The topological polar surface area (TPSA) is 85.5 Å². The van der Waals surface area contributed by atoms with Gasteiger partial charge in [0, 0.05) is 25.3 Å². The monoisotopic (exact) mass is 271 g/mol. The van der Waals surface area contributed by atoms with Gasteiger partial charge in [-0.25, -0.2) is 8.42 Å². The number of nitrogens with zero attached hydrogens (tertiary/aromatic N) is 2. The molecule has 1 atom stereocenters. The van der Waals surface area contributed by atoms with Gasteiger partial charge < -0.3 is 10.5 Å². The zero-order valence-corrected chi connectivity index (χ0v) is 11.1. The van der Waals surface area contributed by atoms with Gasteiger partial charge in [-0.15, -0.1) is 0 Å². The van der Waals surface area contributed by atoms with Crippen molar-refractivity contribution < 1.29 is 13.2 Å². The standard InChI is InChI=1S/C11H17N3O3S/c1-9-8-17-6-5-14(9)18(15,16)11-3-2-4-13-10(11)7-12/h2-4,9H,5-8,12H2,1H3. The van der Waals surface area contributed by atoms with Crippen LogP contribution < -0.4 is 5.73 Å². The number of sulfonamides is 1. The lowest BCUT2D eigenvalue weighted by Crippen LogP contribution is -2.47. The van der Waals surface area contributed by atoms with E-state index in [2.05, 4.69) is 4.98 Å². The first kappa shape index (κ1) is 13.4. The molecule has 0 spiro atoms. The molecule has 1 aromatic heterocycles. The van der Waals surface area contributed by atoms with Gasteiger partial charge in [0.2, 0.25) is 10.0 Å². The summed E-state index contributed by atoms with van der Waals surface area (Å²) >= 11 is 0. The molecule has 1 fully saturated rings. The van der Waals surface area contributed by atoms with E-state index in [-0.39, 0.29) is 17.5 Å². The number of hydrogen-bond donors (Lipinski definition) is 1. The Morgan fingerprint density at radius 1 is 1.61 bits per heavy atom. The number of pyridine rings is 1. The van der Waals surface area contributed by atoms with E-state index < -0.39 is 10.0 Å². The number of aromatic nitrogens is 1. The van der Waals surface area contributed by atoms with Crippen molar-refractivity contribution in [1.82, 2.24) is 9.29 Å².